The van der Waals surface area contributed by atoms with Crippen molar-refractivity contribution >= 4 is 29.5 Å². The van der Waals surface area contributed by atoms with Crippen LogP contribution in [0.3, 0.4) is 0 Å². The van der Waals surface area contributed by atoms with Crippen molar-refractivity contribution < 1.29 is 23.9 Å². The molecule has 0 aliphatic heterocycles. The molecule has 1 aromatic rings. The molecule has 0 spiro atoms. The van der Waals surface area contributed by atoms with Crippen LogP contribution in [-0.4, -0.2) is 42.4 Å². The standard InChI is InChI=1S/C20H32N6O5/c1-12(2)17(26-22)19(29)25-16(5-4-10-23-20(21)30)18(28)24-15-8-6-14(7-9-15)11-31-13(3)27/h6-9,12,16-17,26H,4-5,10-11,22H2,1-3H3,(H,24,28)(H,25,29)(H3,21,23,30)/t16-,17-/m0/s1. The highest BCUT2D eigenvalue weighted by Crippen LogP contribution is 2.12. The van der Waals surface area contributed by atoms with Crippen LogP contribution in [0, 0.1) is 5.92 Å². The molecule has 8 N–H and O–H groups in total. The van der Waals surface area contributed by atoms with Crippen molar-refractivity contribution in [2.45, 2.75) is 52.3 Å². The van der Waals surface area contributed by atoms with Gasteiger partial charge in [0, 0.05) is 19.2 Å². The topological polar surface area (TPSA) is 178 Å². The van der Waals surface area contributed by atoms with Gasteiger partial charge >= 0.3 is 12.0 Å². The number of urea groups is 1. The van der Waals surface area contributed by atoms with Gasteiger partial charge in [0.25, 0.3) is 0 Å². The largest absolute Gasteiger partial charge is 0.461 e. The highest BCUT2D eigenvalue weighted by Gasteiger charge is 2.26. The molecule has 0 saturated heterocycles. The number of esters is 1. The van der Waals surface area contributed by atoms with Gasteiger partial charge in [-0.05, 0) is 36.5 Å². The maximum Gasteiger partial charge on any atom is 0.312 e. The van der Waals surface area contributed by atoms with E-state index in [0.29, 0.717) is 12.1 Å². The van der Waals surface area contributed by atoms with Crippen LogP contribution in [0.2, 0.25) is 0 Å². The molecule has 0 aliphatic carbocycles. The van der Waals surface area contributed by atoms with Crippen LogP contribution in [0.15, 0.2) is 24.3 Å². The molecule has 0 aliphatic rings. The number of carbonyl (C=O) groups is 4. The Morgan fingerprint density at radius 2 is 1.71 bits per heavy atom. The molecule has 0 fully saturated rings. The quantitative estimate of drug-likeness (QED) is 0.116. The molecule has 0 heterocycles. The Balaban J connectivity index is 2.80. The Bertz CT molecular complexity index is 753. The van der Waals surface area contributed by atoms with Crippen molar-refractivity contribution in [3.05, 3.63) is 29.8 Å². The number of ether oxygens (including phenoxy) is 1. The average molecular weight is 437 g/mol. The van der Waals surface area contributed by atoms with Gasteiger partial charge in [0.2, 0.25) is 11.8 Å². The second kappa shape index (κ2) is 13.2. The molecule has 1 rings (SSSR count). The van der Waals surface area contributed by atoms with Gasteiger partial charge in [-0.2, -0.15) is 0 Å². The average Bonchev–Trinajstić information content (AvgIpc) is 2.69. The number of hydrogen-bond donors (Lipinski definition) is 6. The van der Waals surface area contributed by atoms with Crippen LogP contribution in [0.5, 0.6) is 0 Å². The second-order valence-electron chi connectivity index (χ2n) is 7.35. The van der Waals surface area contributed by atoms with Crippen molar-refractivity contribution in [3.8, 4) is 0 Å². The monoisotopic (exact) mass is 436 g/mol. The van der Waals surface area contributed by atoms with Crippen molar-refractivity contribution in [1.82, 2.24) is 16.1 Å². The molecule has 11 heteroatoms. The molecule has 1 aromatic carbocycles. The lowest BCUT2D eigenvalue weighted by Gasteiger charge is -2.24. The summed E-state index contributed by atoms with van der Waals surface area (Å²) in [6.45, 7) is 5.38. The first-order valence-electron chi connectivity index (χ1n) is 9.97. The lowest BCUT2D eigenvalue weighted by atomic mass is 10.0. The number of hydrogen-bond acceptors (Lipinski definition) is 7. The molecule has 31 heavy (non-hydrogen) atoms. The summed E-state index contributed by atoms with van der Waals surface area (Å²) in [6, 6.07) is 4.60. The number of hydrazine groups is 1. The summed E-state index contributed by atoms with van der Waals surface area (Å²) in [7, 11) is 0. The van der Waals surface area contributed by atoms with Crippen LogP contribution >= 0.6 is 0 Å². The van der Waals surface area contributed by atoms with Gasteiger partial charge in [0.15, 0.2) is 0 Å². The van der Waals surface area contributed by atoms with Gasteiger partial charge in [-0.15, -0.1) is 0 Å². The zero-order chi connectivity index (χ0) is 23.4. The Morgan fingerprint density at radius 1 is 1.06 bits per heavy atom. The van der Waals surface area contributed by atoms with E-state index in [1.165, 1.54) is 6.92 Å². The van der Waals surface area contributed by atoms with Crippen LogP contribution < -0.4 is 33.0 Å². The number of nitrogens with one attached hydrogen (secondary N) is 4. The maximum atomic E-state index is 12.8. The number of carbonyl (C=O) groups excluding carboxylic acids is 4. The third-order valence-corrected chi connectivity index (χ3v) is 4.39. The summed E-state index contributed by atoms with van der Waals surface area (Å²) in [4.78, 5) is 47.0. The molecule has 0 unspecified atom stereocenters. The van der Waals surface area contributed by atoms with Gasteiger partial charge in [0.05, 0.1) is 0 Å². The molecule has 4 amide bonds. The van der Waals surface area contributed by atoms with E-state index in [4.69, 9.17) is 16.3 Å². The fourth-order valence-electron chi connectivity index (χ4n) is 2.72. The minimum absolute atomic E-state index is 0.0880. The normalized spacial score (nSPS) is 12.5. The highest BCUT2D eigenvalue weighted by atomic mass is 16.5. The maximum absolute atomic E-state index is 12.8. The van der Waals surface area contributed by atoms with E-state index in [2.05, 4.69) is 21.4 Å². The molecule has 0 radical (unpaired) electrons. The summed E-state index contributed by atoms with van der Waals surface area (Å²) in [5.41, 5.74) is 8.78. The second-order valence-corrected chi connectivity index (χ2v) is 7.35. The van der Waals surface area contributed by atoms with Crippen molar-refractivity contribution in [1.29, 1.82) is 0 Å². The predicted molar refractivity (Wildman–Crippen MR) is 115 cm³/mol. The van der Waals surface area contributed by atoms with Crippen molar-refractivity contribution in [2.24, 2.45) is 17.5 Å². The SMILES string of the molecule is CC(=O)OCc1ccc(NC(=O)[C@H](CCCNC(N)=O)NC(=O)[C@@H](NN)C(C)C)cc1. The first-order chi connectivity index (χ1) is 14.6. The number of rotatable bonds is 12. The number of anilines is 1. The smallest absolute Gasteiger partial charge is 0.312 e. The Hall–Kier alpha value is -3.18. The van der Waals surface area contributed by atoms with E-state index < -0.39 is 29.9 Å². The van der Waals surface area contributed by atoms with Gasteiger partial charge in [-0.3, -0.25) is 20.2 Å². The van der Waals surface area contributed by atoms with E-state index in [0.717, 1.165) is 5.56 Å². The third kappa shape index (κ3) is 9.92. The third-order valence-electron chi connectivity index (χ3n) is 4.39. The van der Waals surface area contributed by atoms with Crippen LogP contribution in [0.25, 0.3) is 0 Å². The Labute approximate surface area is 181 Å². The summed E-state index contributed by atoms with van der Waals surface area (Å²) >= 11 is 0. The number of nitrogens with two attached hydrogens (primary N) is 2. The molecule has 0 aromatic heterocycles. The summed E-state index contributed by atoms with van der Waals surface area (Å²) in [5, 5.41) is 7.90. The zero-order valence-corrected chi connectivity index (χ0v) is 18.1. The first kappa shape index (κ1) is 25.9. The van der Waals surface area contributed by atoms with E-state index in [9.17, 15) is 19.2 Å². The minimum Gasteiger partial charge on any atom is -0.461 e. The minimum atomic E-state index is -0.850. The molecule has 2 atom stereocenters. The molecular formula is C20H32N6O5. The van der Waals surface area contributed by atoms with Gasteiger partial charge in [-0.25, -0.2) is 10.2 Å². The number of benzene rings is 1. The lowest BCUT2D eigenvalue weighted by molar-refractivity contribution is -0.142. The van der Waals surface area contributed by atoms with Crippen molar-refractivity contribution in [2.75, 3.05) is 11.9 Å². The molecule has 172 valence electrons. The van der Waals surface area contributed by atoms with E-state index in [-0.39, 0.29) is 31.5 Å². The molecular weight excluding hydrogens is 404 g/mol. The van der Waals surface area contributed by atoms with Gasteiger partial charge in [-0.1, -0.05) is 26.0 Å². The first-order valence-corrected chi connectivity index (χ1v) is 9.97. The highest BCUT2D eigenvalue weighted by molar-refractivity contribution is 5.97. The predicted octanol–water partition coefficient (Wildman–Crippen LogP) is 0.109. The molecule has 0 saturated carbocycles. The Kier molecular flexibility index (Phi) is 11.0. The van der Waals surface area contributed by atoms with Crippen LogP contribution in [-0.2, 0) is 25.7 Å². The van der Waals surface area contributed by atoms with Gasteiger partial charge in [0.1, 0.15) is 18.7 Å². The van der Waals surface area contributed by atoms with Crippen LogP contribution in [0.4, 0.5) is 10.5 Å². The fraction of sp³-hybridized carbons (Fsp3) is 0.500. The van der Waals surface area contributed by atoms with E-state index >= 15 is 0 Å². The summed E-state index contributed by atoms with van der Waals surface area (Å²) in [6.07, 6.45) is 0.697. The fourth-order valence-corrected chi connectivity index (χ4v) is 2.72. The molecule has 11 nitrogen and oxygen atoms in total. The van der Waals surface area contributed by atoms with E-state index in [1.807, 2.05) is 13.8 Å². The van der Waals surface area contributed by atoms with E-state index in [1.54, 1.807) is 24.3 Å². The molecule has 0 bridgehead atoms. The zero-order valence-electron chi connectivity index (χ0n) is 18.1. The summed E-state index contributed by atoms with van der Waals surface area (Å²) < 4.78 is 4.93. The van der Waals surface area contributed by atoms with Crippen LogP contribution in [0.1, 0.15) is 39.2 Å². The van der Waals surface area contributed by atoms with Gasteiger partial charge < -0.3 is 26.4 Å². The van der Waals surface area contributed by atoms with Crippen molar-refractivity contribution in [3.63, 3.8) is 0 Å². The number of amides is 4. The lowest BCUT2D eigenvalue weighted by Crippen LogP contribution is -2.55. The number of primary amides is 1. The summed E-state index contributed by atoms with van der Waals surface area (Å²) in [5.74, 6) is 4.17. The Morgan fingerprint density at radius 3 is 2.23 bits per heavy atom.